The summed E-state index contributed by atoms with van der Waals surface area (Å²) in [4.78, 5) is 14.6. The molecule has 5 heteroatoms. The fraction of sp³-hybridized carbons (Fsp3) is 0.500. The summed E-state index contributed by atoms with van der Waals surface area (Å²) in [7, 11) is 0. The predicted molar refractivity (Wildman–Crippen MR) is 120 cm³/mol. The first-order valence-corrected chi connectivity index (χ1v) is 11.2. The van der Waals surface area contributed by atoms with Crippen LogP contribution in [0.5, 0.6) is 5.75 Å². The minimum absolute atomic E-state index is 0.0381. The third kappa shape index (κ3) is 5.40. The monoisotopic (exact) mass is 423 g/mol. The first-order chi connectivity index (χ1) is 14.7. The normalized spacial score (nSPS) is 25.4. The lowest BCUT2D eigenvalue weighted by molar-refractivity contribution is -0.0579. The minimum atomic E-state index is -0.817. The van der Waals surface area contributed by atoms with E-state index in [2.05, 4.69) is 0 Å². The fourth-order valence-corrected chi connectivity index (χ4v) is 4.95. The van der Waals surface area contributed by atoms with Gasteiger partial charge in [-0.3, -0.25) is 0 Å². The van der Waals surface area contributed by atoms with Crippen molar-refractivity contribution < 1.29 is 19.4 Å². The quantitative estimate of drug-likeness (QED) is 0.727. The lowest BCUT2D eigenvalue weighted by Gasteiger charge is -2.44. The molecule has 0 saturated carbocycles. The van der Waals surface area contributed by atoms with Crippen LogP contribution in [0.15, 0.2) is 54.6 Å². The largest absolute Gasteiger partial charge is 0.489 e. The predicted octanol–water partition coefficient (Wildman–Crippen LogP) is 5.10. The lowest BCUT2D eigenvalue weighted by Crippen LogP contribution is -2.54. The minimum Gasteiger partial charge on any atom is -0.489 e. The number of amides is 1. The Morgan fingerprint density at radius 3 is 2.32 bits per heavy atom. The van der Waals surface area contributed by atoms with Crippen molar-refractivity contribution in [2.45, 2.75) is 82.8 Å². The number of hydrogen-bond acceptors (Lipinski definition) is 4. The van der Waals surface area contributed by atoms with Crippen LogP contribution in [0.25, 0.3) is 0 Å². The van der Waals surface area contributed by atoms with E-state index >= 15 is 0 Å². The van der Waals surface area contributed by atoms with Crippen LogP contribution < -0.4 is 4.74 Å². The Hall–Kier alpha value is -2.53. The van der Waals surface area contributed by atoms with E-state index < -0.39 is 11.2 Å². The van der Waals surface area contributed by atoms with Gasteiger partial charge in [0.05, 0.1) is 5.60 Å². The van der Waals surface area contributed by atoms with Crippen molar-refractivity contribution >= 4 is 6.09 Å². The Bertz CT molecular complexity index is 891. The molecule has 166 valence electrons. The summed E-state index contributed by atoms with van der Waals surface area (Å²) >= 11 is 0. The van der Waals surface area contributed by atoms with E-state index in [1.165, 1.54) is 0 Å². The zero-order chi connectivity index (χ0) is 22.1. The second kappa shape index (κ2) is 8.54. The average Bonchev–Trinajstić information content (AvgIpc) is 2.99. The number of rotatable bonds is 5. The van der Waals surface area contributed by atoms with Crippen LogP contribution in [0, 0.1) is 0 Å². The van der Waals surface area contributed by atoms with Crippen molar-refractivity contribution in [1.29, 1.82) is 0 Å². The van der Waals surface area contributed by atoms with Gasteiger partial charge < -0.3 is 19.5 Å². The van der Waals surface area contributed by atoms with Crippen LogP contribution >= 0.6 is 0 Å². The van der Waals surface area contributed by atoms with Gasteiger partial charge in [0, 0.05) is 18.5 Å². The Labute approximate surface area is 185 Å². The Kier molecular flexibility index (Phi) is 5.98. The third-order valence-corrected chi connectivity index (χ3v) is 6.14. The molecule has 5 nitrogen and oxygen atoms in total. The van der Waals surface area contributed by atoms with Crippen LogP contribution in [0.4, 0.5) is 4.79 Å². The molecule has 2 unspecified atom stereocenters. The molecule has 1 N–H and O–H groups in total. The molecular formula is C26H33NO4. The van der Waals surface area contributed by atoms with Crippen LogP contribution in [-0.4, -0.2) is 39.4 Å². The van der Waals surface area contributed by atoms with Crippen molar-refractivity contribution in [2.24, 2.45) is 0 Å². The van der Waals surface area contributed by atoms with Crippen molar-refractivity contribution in [1.82, 2.24) is 4.90 Å². The topological polar surface area (TPSA) is 59.0 Å². The molecule has 4 rings (SSSR count). The van der Waals surface area contributed by atoms with Gasteiger partial charge in [0.2, 0.25) is 0 Å². The smallest absolute Gasteiger partial charge is 0.410 e. The number of fused-ring (bicyclic) bond motifs is 2. The first kappa shape index (κ1) is 21.7. The van der Waals surface area contributed by atoms with Gasteiger partial charge in [-0.05, 0) is 69.7 Å². The molecule has 2 atom stereocenters. The number of nitrogens with zero attached hydrogens (tertiary/aromatic N) is 1. The van der Waals surface area contributed by atoms with Gasteiger partial charge in [0.1, 0.15) is 18.0 Å². The molecule has 2 aliphatic heterocycles. The van der Waals surface area contributed by atoms with Gasteiger partial charge in [-0.2, -0.15) is 0 Å². The van der Waals surface area contributed by atoms with E-state index in [4.69, 9.17) is 9.47 Å². The molecule has 0 aromatic heterocycles. The highest BCUT2D eigenvalue weighted by molar-refractivity contribution is 5.69. The second-order valence-electron chi connectivity index (χ2n) is 10.0. The zero-order valence-electron chi connectivity index (χ0n) is 18.7. The van der Waals surface area contributed by atoms with Crippen LogP contribution in [-0.2, 0) is 17.8 Å². The standard InChI is InChI=1S/C26H33NO4/c1-25(2,3)31-24(28)27-21-12-13-22(27)17-26(29,16-21)15-20-10-7-11-23(14-20)30-18-19-8-5-4-6-9-19/h4-11,14,21-22,29H,12-13,15-18H2,1-3H3. The highest BCUT2D eigenvalue weighted by Gasteiger charge is 2.50. The molecular weight excluding hydrogens is 390 g/mol. The van der Waals surface area contributed by atoms with Crippen molar-refractivity contribution in [2.75, 3.05) is 0 Å². The van der Waals surface area contributed by atoms with E-state index in [9.17, 15) is 9.90 Å². The summed E-state index contributed by atoms with van der Waals surface area (Å²) in [5.74, 6) is 0.805. The third-order valence-electron chi connectivity index (χ3n) is 6.14. The highest BCUT2D eigenvalue weighted by atomic mass is 16.6. The molecule has 2 bridgehead atoms. The number of aliphatic hydroxyl groups is 1. The van der Waals surface area contributed by atoms with Gasteiger partial charge in [-0.1, -0.05) is 42.5 Å². The van der Waals surface area contributed by atoms with Gasteiger partial charge >= 0.3 is 6.09 Å². The van der Waals surface area contributed by atoms with Crippen molar-refractivity contribution in [3.05, 3.63) is 65.7 Å². The Morgan fingerprint density at radius 2 is 1.68 bits per heavy atom. The summed E-state index contributed by atoms with van der Waals surface area (Å²) in [6, 6.07) is 18.1. The van der Waals surface area contributed by atoms with E-state index in [1.807, 2.05) is 80.3 Å². The molecule has 31 heavy (non-hydrogen) atoms. The van der Waals surface area contributed by atoms with Gasteiger partial charge in [0.15, 0.2) is 0 Å². The summed E-state index contributed by atoms with van der Waals surface area (Å²) in [6.07, 6.45) is 3.32. The number of carbonyl (C=O) groups excluding carboxylic acids is 1. The highest BCUT2D eigenvalue weighted by Crippen LogP contribution is 2.43. The molecule has 0 aliphatic carbocycles. The molecule has 2 heterocycles. The lowest BCUT2D eigenvalue weighted by atomic mass is 9.81. The van der Waals surface area contributed by atoms with Crippen LogP contribution in [0.3, 0.4) is 0 Å². The van der Waals surface area contributed by atoms with Gasteiger partial charge in [-0.25, -0.2) is 4.79 Å². The molecule has 1 amide bonds. The maximum Gasteiger partial charge on any atom is 0.410 e. The van der Waals surface area contributed by atoms with Gasteiger partial charge in [-0.15, -0.1) is 0 Å². The molecule has 0 radical (unpaired) electrons. The molecule has 0 spiro atoms. The Morgan fingerprint density at radius 1 is 1.03 bits per heavy atom. The number of piperidine rings is 1. The van der Waals surface area contributed by atoms with E-state index in [0.717, 1.165) is 29.7 Å². The molecule has 2 aromatic rings. The zero-order valence-corrected chi connectivity index (χ0v) is 18.7. The molecule has 2 aromatic carbocycles. The molecule has 2 saturated heterocycles. The average molecular weight is 424 g/mol. The van der Waals surface area contributed by atoms with Crippen molar-refractivity contribution in [3.8, 4) is 5.75 Å². The maximum atomic E-state index is 12.7. The summed E-state index contributed by atoms with van der Waals surface area (Å²) in [5, 5.41) is 11.4. The molecule has 2 fully saturated rings. The Balaban J connectivity index is 1.39. The fourth-order valence-electron chi connectivity index (χ4n) is 4.95. The van der Waals surface area contributed by atoms with E-state index in [1.54, 1.807) is 0 Å². The van der Waals surface area contributed by atoms with Crippen LogP contribution in [0.2, 0.25) is 0 Å². The van der Waals surface area contributed by atoms with E-state index in [-0.39, 0.29) is 18.2 Å². The summed E-state index contributed by atoms with van der Waals surface area (Å²) < 4.78 is 11.6. The number of ether oxygens (including phenoxy) is 2. The number of benzene rings is 2. The summed E-state index contributed by atoms with van der Waals surface area (Å²) in [5.41, 5.74) is 0.850. The second-order valence-corrected chi connectivity index (χ2v) is 10.0. The first-order valence-electron chi connectivity index (χ1n) is 11.2. The van der Waals surface area contributed by atoms with Crippen LogP contribution in [0.1, 0.15) is 57.6 Å². The molecule has 2 aliphatic rings. The van der Waals surface area contributed by atoms with E-state index in [0.29, 0.717) is 25.9 Å². The van der Waals surface area contributed by atoms with Gasteiger partial charge in [0.25, 0.3) is 0 Å². The van der Waals surface area contributed by atoms with Crippen molar-refractivity contribution in [3.63, 3.8) is 0 Å². The summed E-state index contributed by atoms with van der Waals surface area (Å²) in [6.45, 7) is 6.18. The number of hydrogen-bond donors (Lipinski definition) is 1. The SMILES string of the molecule is CC(C)(C)OC(=O)N1C2CCC1CC(O)(Cc1cccc(OCc3ccccc3)c1)C2. The number of carbonyl (C=O) groups is 1. The maximum absolute atomic E-state index is 12.7.